The van der Waals surface area contributed by atoms with Gasteiger partial charge in [0.15, 0.2) is 0 Å². The van der Waals surface area contributed by atoms with Crippen LogP contribution in [0.1, 0.15) is 78.4 Å². The highest BCUT2D eigenvalue weighted by Crippen LogP contribution is 2.40. The van der Waals surface area contributed by atoms with Crippen molar-refractivity contribution in [3.05, 3.63) is 64.2 Å². The van der Waals surface area contributed by atoms with Crippen molar-refractivity contribution in [3.8, 4) is 5.75 Å². The maximum atomic E-state index is 10.7. The Bertz CT molecular complexity index is 987. The fourth-order valence-electron chi connectivity index (χ4n) is 5.81. The lowest BCUT2D eigenvalue weighted by atomic mass is 9.86. The molecule has 2 heterocycles. The van der Waals surface area contributed by atoms with E-state index >= 15 is 0 Å². The van der Waals surface area contributed by atoms with Crippen LogP contribution in [-0.2, 0) is 17.6 Å². The fraction of sp³-hybridized carbons (Fsp3) is 0.571. The highest BCUT2D eigenvalue weighted by atomic mass is 32.2. The zero-order chi connectivity index (χ0) is 23.7. The van der Waals surface area contributed by atoms with E-state index in [1.165, 1.54) is 59.7 Å². The minimum atomic E-state index is -1.24. The summed E-state index contributed by atoms with van der Waals surface area (Å²) in [7, 11) is 0. The third-order valence-electron chi connectivity index (χ3n) is 7.71. The summed E-state index contributed by atoms with van der Waals surface area (Å²) >= 11 is 1.35. The Morgan fingerprint density at radius 2 is 1.74 bits per heavy atom. The summed E-state index contributed by atoms with van der Waals surface area (Å²) < 4.78 is 12.0. The highest BCUT2D eigenvalue weighted by Gasteiger charge is 2.44. The van der Waals surface area contributed by atoms with Gasteiger partial charge in [0.2, 0.25) is 0 Å². The topological polar surface area (TPSA) is 79.2 Å². The van der Waals surface area contributed by atoms with E-state index in [0.717, 1.165) is 43.6 Å². The largest absolute Gasteiger partial charge is 0.493 e. The van der Waals surface area contributed by atoms with Crippen molar-refractivity contribution in [2.45, 2.75) is 87.1 Å². The minimum absolute atomic E-state index is 0.566. The minimum Gasteiger partial charge on any atom is -0.493 e. The van der Waals surface area contributed by atoms with E-state index in [-0.39, 0.29) is 0 Å². The van der Waals surface area contributed by atoms with Crippen LogP contribution in [0.3, 0.4) is 0 Å². The lowest BCUT2D eigenvalue weighted by Gasteiger charge is -2.40. The van der Waals surface area contributed by atoms with Crippen LogP contribution in [0.15, 0.2) is 36.4 Å². The predicted molar refractivity (Wildman–Crippen MR) is 134 cm³/mol. The number of aryl methyl sites for hydroxylation is 1. The van der Waals surface area contributed by atoms with Gasteiger partial charge in [-0.2, -0.15) is 0 Å². The van der Waals surface area contributed by atoms with Crippen LogP contribution >= 0.6 is 11.8 Å². The quantitative estimate of drug-likeness (QED) is 0.580. The second kappa shape index (κ2) is 10.6. The summed E-state index contributed by atoms with van der Waals surface area (Å²) in [5.74, 6) is 1.58. The zero-order valence-electron chi connectivity index (χ0n) is 19.9. The normalized spacial score (nSPS) is 29.9. The summed E-state index contributed by atoms with van der Waals surface area (Å²) in [6.07, 6.45) is 6.73. The van der Waals surface area contributed by atoms with Gasteiger partial charge in [-0.25, -0.2) is 0 Å². The standard InChI is InChI=1S/C28H36O5S/c1-34-28-26(31)24(29)25(30)27(33-28)20-10-11-22(18-6-2-3-7-18)21(16-20)15-17-9-12-23-19(14-17)8-4-5-13-32-23/h9-12,14,16,18,24-31H,2-8,13,15H2,1H3/t24-,25-,26+,27+,28-/m1/s1. The molecule has 3 aliphatic rings. The predicted octanol–water partition coefficient (Wildman–Crippen LogP) is 4.49. The Morgan fingerprint density at radius 1 is 0.912 bits per heavy atom. The number of hydrogen-bond acceptors (Lipinski definition) is 6. The van der Waals surface area contributed by atoms with E-state index in [2.05, 4.69) is 30.3 Å². The SMILES string of the molecule is CS[C@H]1O[C@@H](c2ccc(C3CCCC3)c(Cc3ccc4c(c3)CCCCO4)c2)[C@H](O)[C@@H](O)[C@@H]1O. The Labute approximate surface area is 206 Å². The molecule has 5 rings (SSSR count). The molecule has 1 saturated heterocycles. The molecule has 2 fully saturated rings. The van der Waals surface area contributed by atoms with Crippen molar-refractivity contribution in [2.24, 2.45) is 0 Å². The second-order valence-corrected chi connectivity index (χ2v) is 10.9. The van der Waals surface area contributed by atoms with E-state index < -0.39 is 29.9 Å². The van der Waals surface area contributed by atoms with Gasteiger partial charge in [-0.05, 0) is 84.6 Å². The smallest absolute Gasteiger partial charge is 0.132 e. The van der Waals surface area contributed by atoms with E-state index in [1.54, 1.807) is 0 Å². The monoisotopic (exact) mass is 484 g/mol. The van der Waals surface area contributed by atoms with Crippen molar-refractivity contribution in [1.29, 1.82) is 0 Å². The summed E-state index contributed by atoms with van der Waals surface area (Å²) in [5, 5.41) is 31.4. The molecule has 0 unspecified atom stereocenters. The average molecular weight is 485 g/mol. The van der Waals surface area contributed by atoms with E-state index in [1.807, 2.05) is 12.3 Å². The molecule has 3 N–H and O–H groups in total. The Kier molecular flexibility index (Phi) is 7.52. The number of hydrogen-bond donors (Lipinski definition) is 3. The highest BCUT2D eigenvalue weighted by molar-refractivity contribution is 7.99. The number of rotatable bonds is 5. The lowest BCUT2D eigenvalue weighted by molar-refractivity contribution is -0.200. The molecule has 0 aromatic heterocycles. The molecule has 2 aromatic carbocycles. The molecule has 1 saturated carbocycles. The van der Waals surface area contributed by atoms with Gasteiger partial charge in [0.1, 0.15) is 35.6 Å². The van der Waals surface area contributed by atoms with Gasteiger partial charge >= 0.3 is 0 Å². The molecule has 2 aromatic rings. The van der Waals surface area contributed by atoms with Gasteiger partial charge in [0, 0.05) is 0 Å². The van der Waals surface area contributed by atoms with Gasteiger partial charge in [-0.15, -0.1) is 11.8 Å². The first-order valence-corrected chi connectivity index (χ1v) is 13.9. The molecule has 0 amide bonds. The molecule has 0 bridgehead atoms. The zero-order valence-corrected chi connectivity index (χ0v) is 20.7. The van der Waals surface area contributed by atoms with Crippen LogP contribution in [0.25, 0.3) is 0 Å². The van der Waals surface area contributed by atoms with Crippen LogP contribution in [0.5, 0.6) is 5.75 Å². The van der Waals surface area contributed by atoms with Crippen molar-refractivity contribution in [2.75, 3.05) is 12.9 Å². The summed E-state index contributed by atoms with van der Waals surface area (Å²) in [5.41, 5.74) is 5.48. The van der Waals surface area contributed by atoms with Crippen molar-refractivity contribution in [3.63, 3.8) is 0 Å². The molecule has 2 aliphatic heterocycles. The summed E-state index contributed by atoms with van der Waals surface area (Å²) in [6, 6.07) is 13.0. The van der Waals surface area contributed by atoms with Crippen LogP contribution in [0, 0.1) is 0 Å². The number of aliphatic hydroxyl groups excluding tert-OH is 3. The molecule has 0 spiro atoms. The molecular formula is C28H36O5S. The van der Waals surface area contributed by atoms with Crippen LogP contribution in [0.4, 0.5) is 0 Å². The number of benzene rings is 2. The fourth-order valence-corrected chi connectivity index (χ4v) is 6.48. The Morgan fingerprint density at radius 3 is 2.53 bits per heavy atom. The molecule has 184 valence electrons. The average Bonchev–Trinajstić information content (AvgIpc) is 3.28. The number of thioether (sulfide) groups is 1. The maximum Gasteiger partial charge on any atom is 0.132 e. The van der Waals surface area contributed by atoms with Crippen molar-refractivity contribution >= 4 is 11.8 Å². The molecule has 34 heavy (non-hydrogen) atoms. The molecule has 1 aliphatic carbocycles. The third-order valence-corrected chi connectivity index (χ3v) is 8.56. The van der Waals surface area contributed by atoms with Gasteiger partial charge in [0.25, 0.3) is 0 Å². The lowest BCUT2D eigenvalue weighted by Crippen LogP contribution is -2.52. The first-order chi connectivity index (χ1) is 16.5. The molecule has 6 heteroatoms. The first-order valence-electron chi connectivity index (χ1n) is 12.6. The van der Waals surface area contributed by atoms with Crippen LogP contribution in [-0.4, -0.2) is 51.9 Å². The van der Waals surface area contributed by atoms with E-state index in [0.29, 0.717) is 5.92 Å². The number of fused-ring (bicyclic) bond motifs is 1. The van der Waals surface area contributed by atoms with Gasteiger partial charge in [-0.3, -0.25) is 0 Å². The number of ether oxygens (including phenoxy) is 2. The molecule has 5 atom stereocenters. The molecular weight excluding hydrogens is 448 g/mol. The second-order valence-electron chi connectivity index (χ2n) is 10.00. The third kappa shape index (κ3) is 4.89. The molecule has 0 radical (unpaired) electrons. The number of aliphatic hydroxyl groups is 3. The van der Waals surface area contributed by atoms with Gasteiger partial charge in [0.05, 0.1) is 6.61 Å². The van der Waals surface area contributed by atoms with Crippen molar-refractivity contribution in [1.82, 2.24) is 0 Å². The first kappa shape index (κ1) is 24.1. The van der Waals surface area contributed by atoms with Crippen molar-refractivity contribution < 1.29 is 24.8 Å². The Hall–Kier alpha value is -1.57. The van der Waals surface area contributed by atoms with Gasteiger partial charge < -0.3 is 24.8 Å². The van der Waals surface area contributed by atoms with E-state index in [9.17, 15) is 15.3 Å². The van der Waals surface area contributed by atoms with Gasteiger partial charge in [-0.1, -0.05) is 43.2 Å². The van der Waals surface area contributed by atoms with Crippen LogP contribution in [0.2, 0.25) is 0 Å². The summed E-state index contributed by atoms with van der Waals surface area (Å²) in [4.78, 5) is 0. The Balaban J connectivity index is 1.47. The summed E-state index contributed by atoms with van der Waals surface area (Å²) in [6.45, 7) is 0.793. The van der Waals surface area contributed by atoms with Crippen LogP contribution < -0.4 is 4.74 Å². The molecule has 5 nitrogen and oxygen atoms in total. The van der Waals surface area contributed by atoms with E-state index in [4.69, 9.17) is 9.47 Å². The maximum absolute atomic E-state index is 10.7.